The molecule has 4 heteroatoms. The lowest BCUT2D eigenvalue weighted by Gasteiger charge is -2.20. The molecule has 0 fully saturated rings. The highest BCUT2D eigenvalue weighted by atomic mass is 79.9. The zero-order valence-electron chi connectivity index (χ0n) is 10.4. The first-order chi connectivity index (χ1) is 9.08. The number of anilines is 1. The number of hydrogen-bond acceptors (Lipinski definition) is 2. The van der Waals surface area contributed by atoms with Crippen LogP contribution < -0.4 is 4.90 Å². The Kier molecular flexibility index (Phi) is 4.18. The molecular weight excluding hydrogens is 307 g/mol. The van der Waals surface area contributed by atoms with Gasteiger partial charge in [0.05, 0.1) is 11.6 Å². The van der Waals surface area contributed by atoms with Crippen molar-refractivity contribution in [2.45, 2.75) is 6.54 Å². The lowest BCUT2D eigenvalue weighted by Crippen LogP contribution is -2.16. The Bertz CT molecular complexity index is 617. The fourth-order valence-electron chi connectivity index (χ4n) is 1.81. The van der Waals surface area contributed by atoms with E-state index in [2.05, 4.69) is 22.0 Å². The maximum absolute atomic E-state index is 12.8. The number of halogens is 2. The summed E-state index contributed by atoms with van der Waals surface area (Å²) in [5.41, 5.74) is 2.56. The fraction of sp³-hybridized carbons (Fsp3) is 0.133. The molecule has 0 aromatic heterocycles. The molecule has 0 aliphatic heterocycles. The number of benzene rings is 2. The molecule has 2 aromatic rings. The Labute approximate surface area is 120 Å². The number of nitriles is 1. The molecule has 0 amide bonds. The maximum Gasteiger partial charge on any atom is 0.123 e. The van der Waals surface area contributed by atoms with Gasteiger partial charge in [-0.05, 0) is 35.9 Å². The fourth-order valence-corrected chi connectivity index (χ4v) is 2.30. The molecule has 2 rings (SSSR count). The van der Waals surface area contributed by atoms with E-state index in [0.717, 1.165) is 15.7 Å². The lowest BCUT2D eigenvalue weighted by atomic mass is 10.1. The van der Waals surface area contributed by atoms with E-state index in [9.17, 15) is 4.39 Å². The minimum Gasteiger partial charge on any atom is -0.370 e. The predicted octanol–water partition coefficient (Wildman–Crippen LogP) is 4.10. The van der Waals surface area contributed by atoms with Gasteiger partial charge in [-0.3, -0.25) is 0 Å². The van der Waals surface area contributed by atoms with Crippen LogP contribution >= 0.6 is 15.9 Å². The monoisotopic (exact) mass is 318 g/mol. The Morgan fingerprint density at radius 3 is 2.53 bits per heavy atom. The van der Waals surface area contributed by atoms with E-state index in [4.69, 9.17) is 5.26 Å². The summed E-state index contributed by atoms with van der Waals surface area (Å²) in [6, 6.07) is 14.1. The van der Waals surface area contributed by atoms with Crippen molar-refractivity contribution in [1.82, 2.24) is 0 Å². The molecule has 0 bridgehead atoms. The first-order valence-corrected chi connectivity index (χ1v) is 6.54. The molecule has 2 aromatic carbocycles. The van der Waals surface area contributed by atoms with Gasteiger partial charge < -0.3 is 4.90 Å². The van der Waals surface area contributed by atoms with Crippen LogP contribution in [0.1, 0.15) is 11.1 Å². The number of nitrogens with zero attached hydrogens (tertiary/aromatic N) is 2. The molecule has 96 valence electrons. The molecule has 0 heterocycles. The van der Waals surface area contributed by atoms with Crippen LogP contribution in [0.5, 0.6) is 0 Å². The summed E-state index contributed by atoms with van der Waals surface area (Å²) in [5, 5.41) is 8.96. The molecule has 0 aliphatic rings. The van der Waals surface area contributed by atoms with Crippen molar-refractivity contribution in [3.05, 3.63) is 63.9 Å². The molecule has 0 radical (unpaired) electrons. The molecule has 0 unspecified atom stereocenters. The van der Waals surface area contributed by atoms with Crippen LogP contribution in [0.25, 0.3) is 0 Å². The molecule has 19 heavy (non-hydrogen) atoms. The Morgan fingerprint density at radius 1 is 1.21 bits per heavy atom. The topological polar surface area (TPSA) is 27.0 Å². The van der Waals surface area contributed by atoms with Crippen molar-refractivity contribution in [2.24, 2.45) is 0 Å². The highest BCUT2D eigenvalue weighted by Gasteiger charge is 2.05. The van der Waals surface area contributed by atoms with Crippen molar-refractivity contribution in [2.75, 3.05) is 11.9 Å². The second-order valence-corrected chi connectivity index (χ2v) is 5.21. The highest BCUT2D eigenvalue weighted by molar-refractivity contribution is 9.10. The Morgan fingerprint density at radius 2 is 1.89 bits per heavy atom. The molecule has 0 aliphatic carbocycles. The molecule has 0 N–H and O–H groups in total. The summed E-state index contributed by atoms with van der Waals surface area (Å²) in [6.45, 7) is 0.654. The zero-order chi connectivity index (χ0) is 13.8. The van der Waals surface area contributed by atoms with Crippen LogP contribution in [0.3, 0.4) is 0 Å². The van der Waals surface area contributed by atoms with Crippen LogP contribution in [0.15, 0.2) is 46.9 Å². The van der Waals surface area contributed by atoms with E-state index in [1.807, 2.05) is 24.1 Å². The lowest BCUT2D eigenvalue weighted by molar-refractivity contribution is 0.627. The van der Waals surface area contributed by atoms with Gasteiger partial charge in [0.1, 0.15) is 5.82 Å². The van der Waals surface area contributed by atoms with E-state index in [-0.39, 0.29) is 5.82 Å². The smallest absolute Gasteiger partial charge is 0.123 e. The van der Waals surface area contributed by atoms with Gasteiger partial charge >= 0.3 is 0 Å². The van der Waals surface area contributed by atoms with Crippen LogP contribution in [0.4, 0.5) is 10.1 Å². The normalized spacial score (nSPS) is 10.0. The van der Waals surface area contributed by atoms with Gasteiger partial charge in [-0.25, -0.2) is 4.39 Å². The average Bonchev–Trinajstić information content (AvgIpc) is 2.40. The zero-order valence-corrected chi connectivity index (χ0v) is 12.0. The minimum absolute atomic E-state index is 0.236. The standard InChI is InChI=1S/C15H12BrFN2/c1-19(10-11-2-4-14(17)5-3-11)15-7-12(9-18)6-13(16)8-15/h2-8H,10H2,1H3. The Balaban J connectivity index is 2.20. The van der Waals surface area contributed by atoms with Gasteiger partial charge in [-0.2, -0.15) is 5.26 Å². The predicted molar refractivity (Wildman–Crippen MR) is 77.4 cm³/mol. The van der Waals surface area contributed by atoms with E-state index in [1.165, 1.54) is 12.1 Å². The molecule has 0 atom stereocenters. The van der Waals surface area contributed by atoms with Crippen LogP contribution in [0.2, 0.25) is 0 Å². The number of rotatable bonds is 3. The van der Waals surface area contributed by atoms with Gasteiger partial charge in [0, 0.05) is 23.8 Å². The largest absolute Gasteiger partial charge is 0.370 e. The average molecular weight is 319 g/mol. The van der Waals surface area contributed by atoms with Crippen molar-refractivity contribution in [1.29, 1.82) is 5.26 Å². The quantitative estimate of drug-likeness (QED) is 0.852. The summed E-state index contributed by atoms with van der Waals surface area (Å²) in [6.07, 6.45) is 0. The van der Waals surface area contributed by atoms with Gasteiger partial charge in [-0.15, -0.1) is 0 Å². The molecular formula is C15H12BrFN2. The first-order valence-electron chi connectivity index (χ1n) is 5.75. The summed E-state index contributed by atoms with van der Waals surface area (Å²) in [7, 11) is 1.94. The summed E-state index contributed by atoms with van der Waals surface area (Å²) in [4.78, 5) is 2.01. The Hall–Kier alpha value is -1.86. The summed E-state index contributed by atoms with van der Waals surface area (Å²) < 4.78 is 13.7. The third kappa shape index (κ3) is 3.55. The van der Waals surface area contributed by atoms with E-state index < -0.39 is 0 Å². The van der Waals surface area contributed by atoms with E-state index in [1.54, 1.807) is 18.2 Å². The second kappa shape index (κ2) is 5.85. The van der Waals surface area contributed by atoms with E-state index >= 15 is 0 Å². The molecule has 0 saturated carbocycles. The first kappa shape index (κ1) is 13.6. The van der Waals surface area contributed by atoms with Gasteiger partial charge in [0.2, 0.25) is 0 Å². The molecule has 0 spiro atoms. The van der Waals surface area contributed by atoms with Crippen molar-refractivity contribution < 1.29 is 4.39 Å². The van der Waals surface area contributed by atoms with Crippen molar-refractivity contribution in [3.8, 4) is 6.07 Å². The maximum atomic E-state index is 12.8. The third-order valence-electron chi connectivity index (χ3n) is 2.79. The third-order valence-corrected chi connectivity index (χ3v) is 3.24. The van der Waals surface area contributed by atoms with Gasteiger partial charge in [0.15, 0.2) is 0 Å². The van der Waals surface area contributed by atoms with E-state index in [0.29, 0.717) is 12.1 Å². The molecule has 2 nitrogen and oxygen atoms in total. The van der Waals surface area contributed by atoms with Crippen LogP contribution in [-0.4, -0.2) is 7.05 Å². The molecule has 0 saturated heterocycles. The highest BCUT2D eigenvalue weighted by Crippen LogP contribution is 2.23. The number of hydrogen-bond donors (Lipinski definition) is 0. The summed E-state index contributed by atoms with van der Waals surface area (Å²) in [5.74, 6) is -0.236. The van der Waals surface area contributed by atoms with Crippen molar-refractivity contribution >= 4 is 21.6 Å². The second-order valence-electron chi connectivity index (χ2n) is 4.29. The van der Waals surface area contributed by atoms with Gasteiger partial charge in [0.25, 0.3) is 0 Å². The van der Waals surface area contributed by atoms with Crippen LogP contribution in [0, 0.1) is 17.1 Å². The van der Waals surface area contributed by atoms with Crippen molar-refractivity contribution in [3.63, 3.8) is 0 Å². The van der Waals surface area contributed by atoms with Crippen LogP contribution in [-0.2, 0) is 6.54 Å². The summed E-state index contributed by atoms with van der Waals surface area (Å²) >= 11 is 3.39. The minimum atomic E-state index is -0.236. The van der Waals surface area contributed by atoms with Gasteiger partial charge in [-0.1, -0.05) is 28.1 Å². The SMILES string of the molecule is CN(Cc1ccc(F)cc1)c1cc(Br)cc(C#N)c1.